The molecule has 0 saturated heterocycles. The van der Waals surface area contributed by atoms with Crippen LogP contribution in [-0.2, 0) is 29.1 Å². The van der Waals surface area contributed by atoms with Gasteiger partial charge in [-0.25, -0.2) is 4.79 Å². The number of hydrogen-bond donors (Lipinski definition) is 3. The van der Waals surface area contributed by atoms with Crippen LogP contribution in [0.1, 0.15) is 32.3 Å². The van der Waals surface area contributed by atoms with Crippen LogP contribution >= 0.6 is 0 Å². The van der Waals surface area contributed by atoms with E-state index in [1.807, 2.05) is 6.92 Å². The summed E-state index contributed by atoms with van der Waals surface area (Å²) in [7, 11) is 0. The fraction of sp³-hybridized carbons (Fsp3) is 0.333. The van der Waals surface area contributed by atoms with E-state index in [-0.39, 0.29) is 30.4 Å². The lowest BCUT2D eigenvalue weighted by Crippen LogP contribution is -2.42. The third-order valence-corrected chi connectivity index (χ3v) is 4.42. The highest BCUT2D eigenvalue weighted by Gasteiger charge is 2.18. The van der Waals surface area contributed by atoms with Gasteiger partial charge in [0.2, 0.25) is 11.8 Å². The number of benzene rings is 1. The van der Waals surface area contributed by atoms with E-state index >= 15 is 0 Å². The van der Waals surface area contributed by atoms with Crippen LogP contribution in [-0.4, -0.2) is 20.9 Å². The maximum atomic E-state index is 12.7. The molecule has 0 fully saturated rings. The summed E-state index contributed by atoms with van der Waals surface area (Å²) in [6.07, 6.45) is 2.97. The number of carbonyl (C=O) groups excluding carboxylic acids is 2. The average Bonchev–Trinajstić information content (AvgIpc) is 2.69. The van der Waals surface area contributed by atoms with Crippen LogP contribution in [0.15, 0.2) is 46.5 Å². The number of nitrogens with one attached hydrogen (secondary N) is 2. The molecule has 160 valence electrons. The third kappa shape index (κ3) is 5.47. The molecule has 2 amide bonds. The molecule has 2 aromatic rings. The summed E-state index contributed by atoms with van der Waals surface area (Å²) in [6, 6.07) is 6.76. The molecule has 0 aliphatic carbocycles. The van der Waals surface area contributed by atoms with Crippen molar-refractivity contribution in [2.45, 2.75) is 46.2 Å². The minimum atomic E-state index is -0.667. The summed E-state index contributed by atoms with van der Waals surface area (Å²) < 4.78 is 2.29. The maximum absolute atomic E-state index is 12.7. The fourth-order valence-electron chi connectivity index (χ4n) is 2.93. The molecule has 9 nitrogen and oxygen atoms in total. The molecule has 4 N–H and O–H groups in total. The first kappa shape index (κ1) is 22.7. The standard InChI is InChI=1S/C21H27N5O4/c1-4-6-12-25-19(22)18(20(29)26(11-5-2)21(25)30)24-17(28)13-15-7-9-16(10-8-15)23-14(3)27/h5,7-10H,2,4,6,11-13,22H2,1,3H3,(H,23,27)(H,24,28). The van der Waals surface area contributed by atoms with E-state index in [0.717, 1.165) is 11.0 Å². The molecule has 0 aliphatic rings. The average molecular weight is 413 g/mol. The van der Waals surface area contributed by atoms with E-state index in [0.29, 0.717) is 24.2 Å². The molecule has 0 aliphatic heterocycles. The summed E-state index contributed by atoms with van der Waals surface area (Å²) in [5.74, 6) is -0.699. The monoisotopic (exact) mass is 413 g/mol. The highest BCUT2D eigenvalue weighted by atomic mass is 16.2. The number of aromatic nitrogens is 2. The van der Waals surface area contributed by atoms with Gasteiger partial charge in [-0.05, 0) is 24.1 Å². The van der Waals surface area contributed by atoms with Gasteiger partial charge in [-0.1, -0.05) is 31.6 Å². The Balaban J connectivity index is 2.29. The predicted molar refractivity (Wildman–Crippen MR) is 118 cm³/mol. The van der Waals surface area contributed by atoms with E-state index in [9.17, 15) is 19.2 Å². The van der Waals surface area contributed by atoms with E-state index in [1.54, 1.807) is 24.3 Å². The number of nitrogens with two attached hydrogens (primary N) is 1. The van der Waals surface area contributed by atoms with Crippen molar-refractivity contribution in [3.05, 3.63) is 63.3 Å². The largest absolute Gasteiger partial charge is 0.383 e. The van der Waals surface area contributed by atoms with Crippen molar-refractivity contribution in [3.8, 4) is 0 Å². The molecule has 1 aromatic heterocycles. The molecule has 1 aromatic carbocycles. The number of nitrogens with zero attached hydrogens (tertiary/aromatic N) is 2. The number of nitrogen functional groups attached to an aromatic ring is 1. The Morgan fingerprint density at radius 2 is 1.80 bits per heavy atom. The van der Waals surface area contributed by atoms with Crippen molar-refractivity contribution in [2.24, 2.45) is 0 Å². The summed E-state index contributed by atoms with van der Waals surface area (Å²) in [4.78, 5) is 48.9. The van der Waals surface area contributed by atoms with E-state index in [2.05, 4.69) is 17.2 Å². The van der Waals surface area contributed by atoms with Crippen molar-refractivity contribution >= 4 is 29.0 Å². The number of carbonyl (C=O) groups is 2. The molecule has 2 rings (SSSR count). The first-order valence-corrected chi connectivity index (χ1v) is 9.68. The van der Waals surface area contributed by atoms with Crippen LogP contribution in [0, 0.1) is 0 Å². The van der Waals surface area contributed by atoms with Gasteiger partial charge in [-0.15, -0.1) is 6.58 Å². The lowest BCUT2D eigenvalue weighted by Gasteiger charge is -2.16. The molecule has 0 unspecified atom stereocenters. The minimum Gasteiger partial charge on any atom is -0.383 e. The maximum Gasteiger partial charge on any atom is 0.332 e. The lowest BCUT2D eigenvalue weighted by molar-refractivity contribution is -0.116. The second-order valence-electron chi connectivity index (χ2n) is 6.86. The van der Waals surface area contributed by atoms with Crippen molar-refractivity contribution < 1.29 is 9.59 Å². The molecule has 1 heterocycles. The van der Waals surface area contributed by atoms with Crippen LogP contribution in [0.5, 0.6) is 0 Å². The van der Waals surface area contributed by atoms with E-state index in [4.69, 9.17) is 5.73 Å². The zero-order valence-corrected chi connectivity index (χ0v) is 17.2. The van der Waals surface area contributed by atoms with Crippen molar-refractivity contribution in [1.82, 2.24) is 9.13 Å². The Kier molecular flexibility index (Phi) is 7.74. The Bertz CT molecular complexity index is 1050. The highest BCUT2D eigenvalue weighted by Crippen LogP contribution is 2.14. The summed E-state index contributed by atoms with van der Waals surface area (Å²) >= 11 is 0. The Morgan fingerprint density at radius 3 is 2.37 bits per heavy atom. The van der Waals surface area contributed by atoms with Gasteiger partial charge in [-0.2, -0.15) is 0 Å². The van der Waals surface area contributed by atoms with Crippen LogP contribution in [0.25, 0.3) is 0 Å². The smallest absolute Gasteiger partial charge is 0.332 e. The molecule has 9 heteroatoms. The molecule has 0 radical (unpaired) electrons. The molecular weight excluding hydrogens is 386 g/mol. The molecule has 0 spiro atoms. The topological polar surface area (TPSA) is 128 Å². The number of amides is 2. The Morgan fingerprint density at radius 1 is 1.13 bits per heavy atom. The molecular formula is C21H27N5O4. The zero-order chi connectivity index (χ0) is 22.3. The first-order chi connectivity index (χ1) is 14.3. The lowest BCUT2D eigenvalue weighted by atomic mass is 10.1. The van der Waals surface area contributed by atoms with Crippen LogP contribution < -0.4 is 27.6 Å². The van der Waals surface area contributed by atoms with Gasteiger partial charge in [-0.3, -0.25) is 23.5 Å². The van der Waals surface area contributed by atoms with E-state index < -0.39 is 17.2 Å². The van der Waals surface area contributed by atoms with E-state index in [1.165, 1.54) is 17.6 Å². The Labute approximate surface area is 174 Å². The number of anilines is 3. The number of unbranched alkanes of at least 4 members (excludes halogenated alkanes) is 1. The summed E-state index contributed by atoms with van der Waals surface area (Å²) in [6.45, 7) is 7.30. The zero-order valence-electron chi connectivity index (χ0n) is 17.2. The summed E-state index contributed by atoms with van der Waals surface area (Å²) in [5, 5.41) is 5.20. The molecule has 0 bridgehead atoms. The van der Waals surface area contributed by atoms with Crippen molar-refractivity contribution in [3.63, 3.8) is 0 Å². The minimum absolute atomic E-state index is 0.00518. The van der Waals surface area contributed by atoms with Crippen molar-refractivity contribution in [2.75, 3.05) is 16.4 Å². The molecule has 0 atom stereocenters. The van der Waals surface area contributed by atoms with Gasteiger partial charge < -0.3 is 16.4 Å². The van der Waals surface area contributed by atoms with Gasteiger partial charge in [0.15, 0.2) is 0 Å². The number of allylic oxidation sites excluding steroid dienone is 1. The van der Waals surface area contributed by atoms with Crippen molar-refractivity contribution in [1.29, 1.82) is 0 Å². The third-order valence-electron chi connectivity index (χ3n) is 4.42. The number of rotatable bonds is 9. The normalized spacial score (nSPS) is 10.5. The molecule has 30 heavy (non-hydrogen) atoms. The van der Waals surface area contributed by atoms with Gasteiger partial charge in [0, 0.05) is 25.7 Å². The second kappa shape index (κ2) is 10.2. The summed E-state index contributed by atoms with van der Waals surface area (Å²) in [5.41, 5.74) is 6.06. The first-order valence-electron chi connectivity index (χ1n) is 9.68. The van der Waals surface area contributed by atoms with Crippen LogP contribution in [0.2, 0.25) is 0 Å². The van der Waals surface area contributed by atoms with Gasteiger partial charge in [0.05, 0.1) is 6.42 Å². The van der Waals surface area contributed by atoms with Gasteiger partial charge in [0.1, 0.15) is 11.5 Å². The van der Waals surface area contributed by atoms with Gasteiger partial charge in [0.25, 0.3) is 5.56 Å². The predicted octanol–water partition coefficient (Wildman–Crippen LogP) is 1.72. The SMILES string of the molecule is C=CCn1c(=O)c(NC(=O)Cc2ccc(NC(C)=O)cc2)c(N)n(CCCC)c1=O. The fourth-order valence-corrected chi connectivity index (χ4v) is 2.93. The van der Waals surface area contributed by atoms with Gasteiger partial charge >= 0.3 is 5.69 Å². The quantitative estimate of drug-likeness (QED) is 0.539. The Hall–Kier alpha value is -3.62. The second-order valence-corrected chi connectivity index (χ2v) is 6.86. The molecule has 0 saturated carbocycles. The highest BCUT2D eigenvalue weighted by molar-refractivity contribution is 5.94. The van der Waals surface area contributed by atoms with Crippen LogP contribution in [0.4, 0.5) is 17.2 Å². The number of hydrogen-bond acceptors (Lipinski definition) is 5. The van der Waals surface area contributed by atoms with Crippen LogP contribution in [0.3, 0.4) is 0 Å².